The molecule has 0 unspecified atom stereocenters. The first kappa shape index (κ1) is 29.6. The zero-order valence-corrected chi connectivity index (χ0v) is 25.5. The van der Waals surface area contributed by atoms with Crippen molar-refractivity contribution in [1.82, 2.24) is 13.8 Å². The summed E-state index contributed by atoms with van der Waals surface area (Å²) in [6.45, 7) is 5.35. The number of aryl methyl sites for hydroxylation is 1. The number of benzene rings is 2. The van der Waals surface area contributed by atoms with Crippen LogP contribution in [0, 0.1) is 6.92 Å². The third-order valence-electron chi connectivity index (χ3n) is 7.59. The molecule has 1 fully saturated rings. The predicted molar refractivity (Wildman–Crippen MR) is 160 cm³/mol. The quantitative estimate of drug-likeness (QED) is 0.227. The van der Waals surface area contributed by atoms with Crippen molar-refractivity contribution in [2.45, 2.75) is 82.8 Å². The molecule has 1 aliphatic carbocycles. The van der Waals surface area contributed by atoms with Crippen LogP contribution in [0.15, 0.2) is 76.2 Å². The van der Waals surface area contributed by atoms with Crippen molar-refractivity contribution in [2.75, 3.05) is 13.1 Å². The molecule has 1 amide bonds. The fraction of sp³-hybridized carbons (Fsp3) is 0.452. The van der Waals surface area contributed by atoms with Gasteiger partial charge in [-0.25, -0.2) is 8.42 Å². The Kier molecular flexibility index (Phi) is 10.4. The Balaban J connectivity index is 1.58. The van der Waals surface area contributed by atoms with Crippen molar-refractivity contribution in [3.05, 3.63) is 88.2 Å². The fourth-order valence-corrected chi connectivity index (χ4v) is 6.93. The Morgan fingerprint density at radius 2 is 1.69 bits per heavy atom. The first-order valence-electron chi connectivity index (χ1n) is 14.0. The summed E-state index contributed by atoms with van der Waals surface area (Å²) in [5.41, 5.74) is 3.24. The van der Waals surface area contributed by atoms with Gasteiger partial charge in [-0.3, -0.25) is 4.79 Å². The minimum absolute atomic E-state index is 0.120. The standard InChI is InChI=1S/C31H40BrN3O3S/c1-3-4-21-34(39(37,38)30-18-12-25(2)13-19-30)24-31(36)35(28-9-6-5-7-10-28)23-29-11-8-20-33(29)22-26-14-16-27(32)17-15-26/h8,11-20,28H,3-7,9-10,21-24H2,1-2H3. The predicted octanol–water partition coefficient (Wildman–Crippen LogP) is 6.76. The maximum atomic E-state index is 14.0. The molecule has 8 heteroatoms. The van der Waals surface area contributed by atoms with Crippen LogP contribution in [0.3, 0.4) is 0 Å². The molecule has 0 saturated heterocycles. The first-order valence-corrected chi connectivity index (χ1v) is 16.3. The van der Waals surface area contributed by atoms with Gasteiger partial charge in [-0.2, -0.15) is 4.31 Å². The van der Waals surface area contributed by atoms with Gasteiger partial charge in [0.15, 0.2) is 0 Å². The molecule has 0 N–H and O–H groups in total. The molecule has 4 rings (SSSR count). The number of hydrogen-bond donors (Lipinski definition) is 0. The summed E-state index contributed by atoms with van der Waals surface area (Å²) >= 11 is 3.50. The highest BCUT2D eigenvalue weighted by Gasteiger charge is 2.32. The molecular weight excluding hydrogens is 574 g/mol. The number of carbonyl (C=O) groups is 1. The van der Waals surface area contributed by atoms with E-state index in [-0.39, 0.29) is 23.4 Å². The van der Waals surface area contributed by atoms with E-state index in [4.69, 9.17) is 0 Å². The molecule has 1 heterocycles. The number of unbranched alkanes of at least 4 members (excludes halogenated alkanes) is 1. The molecule has 2 aromatic carbocycles. The zero-order valence-electron chi connectivity index (χ0n) is 23.1. The monoisotopic (exact) mass is 613 g/mol. The number of aromatic nitrogens is 1. The van der Waals surface area contributed by atoms with E-state index >= 15 is 0 Å². The molecule has 1 saturated carbocycles. The van der Waals surface area contributed by atoms with Crippen molar-refractivity contribution < 1.29 is 13.2 Å². The van der Waals surface area contributed by atoms with Crippen molar-refractivity contribution in [2.24, 2.45) is 0 Å². The van der Waals surface area contributed by atoms with Gasteiger partial charge >= 0.3 is 0 Å². The minimum atomic E-state index is -3.79. The van der Waals surface area contributed by atoms with E-state index in [9.17, 15) is 13.2 Å². The van der Waals surface area contributed by atoms with E-state index in [1.54, 1.807) is 24.3 Å². The number of nitrogens with zero attached hydrogens (tertiary/aromatic N) is 3. The van der Waals surface area contributed by atoms with Gasteiger partial charge in [0, 0.05) is 35.5 Å². The Morgan fingerprint density at radius 1 is 1.00 bits per heavy atom. The third kappa shape index (κ3) is 7.83. The van der Waals surface area contributed by atoms with Crippen LogP contribution < -0.4 is 0 Å². The molecule has 0 bridgehead atoms. The fourth-order valence-electron chi connectivity index (χ4n) is 5.24. The van der Waals surface area contributed by atoms with Gasteiger partial charge in [-0.15, -0.1) is 0 Å². The Hall–Kier alpha value is -2.42. The molecule has 0 aliphatic heterocycles. The maximum Gasteiger partial charge on any atom is 0.243 e. The number of sulfonamides is 1. The van der Waals surface area contributed by atoms with Gasteiger partial charge in [0.1, 0.15) is 0 Å². The van der Waals surface area contributed by atoms with Crippen LogP contribution in [0.1, 0.15) is 68.7 Å². The second-order valence-electron chi connectivity index (χ2n) is 10.6. The van der Waals surface area contributed by atoms with Crippen molar-refractivity contribution in [1.29, 1.82) is 0 Å². The van der Waals surface area contributed by atoms with Crippen LogP contribution in [0.5, 0.6) is 0 Å². The number of amides is 1. The van der Waals surface area contributed by atoms with Gasteiger partial charge in [0.2, 0.25) is 15.9 Å². The van der Waals surface area contributed by atoms with Crippen LogP contribution in [-0.4, -0.2) is 47.2 Å². The summed E-state index contributed by atoms with van der Waals surface area (Å²) in [5.74, 6) is -0.120. The summed E-state index contributed by atoms with van der Waals surface area (Å²) in [5, 5.41) is 0. The molecule has 0 radical (unpaired) electrons. The lowest BCUT2D eigenvalue weighted by Crippen LogP contribution is -2.47. The van der Waals surface area contributed by atoms with Crippen LogP contribution in [-0.2, 0) is 27.9 Å². The number of halogens is 1. The molecule has 0 atom stereocenters. The van der Waals surface area contributed by atoms with Crippen molar-refractivity contribution >= 4 is 31.9 Å². The normalized spacial score (nSPS) is 14.6. The summed E-state index contributed by atoms with van der Waals surface area (Å²) < 4.78 is 31.9. The van der Waals surface area contributed by atoms with Gasteiger partial charge in [0.05, 0.1) is 18.0 Å². The van der Waals surface area contributed by atoms with Crippen LogP contribution >= 0.6 is 15.9 Å². The van der Waals surface area contributed by atoms with Gasteiger partial charge in [0.25, 0.3) is 0 Å². The molecule has 0 spiro atoms. The van der Waals surface area contributed by atoms with Crippen LogP contribution in [0.4, 0.5) is 0 Å². The SMILES string of the molecule is CCCCN(CC(=O)N(Cc1cccn1Cc1ccc(Br)cc1)C1CCCCC1)S(=O)(=O)c1ccc(C)cc1. The summed E-state index contributed by atoms with van der Waals surface area (Å²) in [7, 11) is -3.79. The highest BCUT2D eigenvalue weighted by atomic mass is 79.9. The highest BCUT2D eigenvalue weighted by molar-refractivity contribution is 9.10. The van der Waals surface area contributed by atoms with E-state index in [1.807, 2.05) is 36.9 Å². The molecule has 210 valence electrons. The largest absolute Gasteiger partial charge is 0.345 e. The summed E-state index contributed by atoms with van der Waals surface area (Å²) in [6.07, 6.45) is 8.89. The highest BCUT2D eigenvalue weighted by Crippen LogP contribution is 2.26. The van der Waals surface area contributed by atoms with Crippen molar-refractivity contribution in [3.63, 3.8) is 0 Å². The second kappa shape index (κ2) is 13.8. The second-order valence-corrected chi connectivity index (χ2v) is 13.4. The van der Waals surface area contributed by atoms with E-state index in [0.29, 0.717) is 26.1 Å². The molecular formula is C31H40BrN3O3S. The summed E-state index contributed by atoms with van der Waals surface area (Å²) in [4.78, 5) is 16.2. The lowest BCUT2D eigenvalue weighted by molar-refractivity contribution is -0.135. The van der Waals surface area contributed by atoms with E-state index in [2.05, 4.69) is 44.9 Å². The molecule has 1 aromatic heterocycles. The van der Waals surface area contributed by atoms with Crippen LogP contribution in [0.2, 0.25) is 0 Å². The molecule has 6 nitrogen and oxygen atoms in total. The average Bonchev–Trinajstić information content (AvgIpc) is 3.37. The van der Waals surface area contributed by atoms with Gasteiger partial charge in [-0.1, -0.05) is 78.4 Å². The average molecular weight is 615 g/mol. The summed E-state index contributed by atoms with van der Waals surface area (Å²) in [6, 6.07) is 19.4. The Bertz CT molecular complexity index is 1310. The molecule has 3 aromatic rings. The van der Waals surface area contributed by atoms with E-state index < -0.39 is 10.0 Å². The van der Waals surface area contributed by atoms with E-state index in [1.165, 1.54) is 16.3 Å². The number of rotatable bonds is 12. The first-order chi connectivity index (χ1) is 18.8. The Labute approximate surface area is 242 Å². The topological polar surface area (TPSA) is 62.6 Å². The smallest absolute Gasteiger partial charge is 0.243 e. The van der Waals surface area contributed by atoms with Crippen LogP contribution in [0.25, 0.3) is 0 Å². The minimum Gasteiger partial charge on any atom is -0.345 e. The number of carbonyl (C=O) groups excluding carboxylic acids is 1. The third-order valence-corrected chi connectivity index (χ3v) is 9.98. The molecule has 1 aliphatic rings. The number of hydrogen-bond acceptors (Lipinski definition) is 3. The van der Waals surface area contributed by atoms with E-state index in [0.717, 1.165) is 47.8 Å². The molecule has 39 heavy (non-hydrogen) atoms. The lowest BCUT2D eigenvalue weighted by Gasteiger charge is -2.36. The zero-order chi connectivity index (χ0) is 27.8. The van der Waals surface area contributed by atoms with Gasteiger partial charge < -0.3 is 9.47 Å². The maximum absolute atomic E-state index is 14.0. The lowest BCUT2D eigenvalue weighted by atomic mass is 9.94. The van der Waals surface area contributed by atoms with Gasteiger partial charge in [-0.05, 0) is 68.1 Å². The Morgan fingerprint density at radius 3 is 2.36 bits per heavy atom. The van der Waals surface area contributed by atoms with Crippen molar-refractivity contribution in [3.8, 4) is 0 Å².